The minimum atomic E-state index is 0. The summed E-state index contributed by atoms with van der Waals surface area (Å²) in [5.74, 6) is 0. The van der Waals surface area contributed by atoms with Crippen molar-refractivity contribution in [2.24, 2.45) is 0 Å². The maximum absolute atomic E-state index is 2.24. The fraction of sp³-hybridized carbons (Fsp3) is 1.00. The molecular weight excluding hydrogens is 109 g/mol. The van der Waals surface area contributed by atoms with Gasteiger partial charge in [-0.2, -0.15) is 0 Å². The van der Waals surface area contributed by atoms with Gasteiger partial charge < -0.3 is 4.48 Å². The summed E-state index contributed by atoms with van der Waals surface area (Å²) < 4.78 is 1.02. The van der Waals surface area contributed by atoms with Crippen molar-refractivity contribution in [2.45, 2.75) is 26.3 Å². The highest BCUT2D eigenvalue weighted by Crippen LogP contribution is 2.14. The number of quaternary nitrogens is 1. The molecule has 0 aromatic carbocycles. The monoisotopic (exact) mass is 130 g/mol. The summed E-state index contributed by atoms with van der Waals surface area (Å²) in [5, 5.41) is 0. The summed E-state index contributed by atoms with van der Waals surface area (Å²) in [6.45, 7) is 6.73. The summed E-state index contributed by atoms with van der Waals surface area (Å²) in [6.07, 6.45) is 0. The lowest BCUT2D eigenvalue weighted by molar-refractivity contribution is -0.917. The number of rotatable bonds is 0. The Morgan fingerprint density at radius 1 is 0.889 bits per heavy atom. The van der Waals surface area contributed by atoms with E-state index in [4.69, 9.17) is 0 Å². The highest BCUT2D eigenvalue weighted by Gasteiger charge is 2.25. The van der Waals surface area contributed by atoms with E-state index in [0.717, 1.165) is 4.48 Å². The molecule has 0 rings (SSSR count). The summed E-state index contributed by atoms with van der Waals surface area (Å²) in [6, 6.07) is 0. The molecule has 0 amide bonds. The zero-order valence-corrected chi connectivity index (χ0v) is 6.95. The van der Waals surface area contributed by atoms with Gasteiger partial charge in [-0.3, -0.25) is 0 Å². The molecule has 0 saturated carbocycles. The van der Waals surface area contributed by atoms with Crippen molar-refractivity contribution >= 4 is 8.41 Å². The Morgan fingerprint density at radius 3 is 1.00 bits per heavy atom. The van der Waals surface area contributed by atoms with E-state index in [1.165, 1.54) is 0 Å². The van der Waals surface area contributed by atoms with Gasteiger partial charge in [0.1, 0.15) is 0 Å². The van der Waals surface area contributed by atoms with E-state index in [2.05, 4.69) is 41.9 Å². The fourth-order valence-electron chi connectivity index (χ4n) is 0. The molecule has 0 unspecified atom stereocenters. The van der Waals surface area contributed by atoms with Crippen LogP contribution in [-0.2, 0) is 0 Å². The van der Waals surface area contributed by atoms with Crippen molar-refractivity contribution in [1.82, 2.24) is 0 Å². The van der Waals surface area contributed by atoms with Crippen LogP contribution in [0.2, 0.25) is 0 Å². The predicted molar refractivity (Wildman–Crippen MR) is 47.7 cm³/mol. The van der Waals surface area contributed by atoms with Crippen LogP contribution in [0, 0.1) is 0 Å². The van der Waals surface area contributed by atoms with Gasteiger partial charge in [0.2, 0.25) is 0 Å². The highest BCUT2D eigenvalue weighted by molar-refractivity contribution is 5.75. The minimum absolute atomic E-state index is 0. The SMILES string of the molecule is B.CC(C)(C)[N+](C)(C)C. The third kappa shape index (κ3) is 3.58. The predicted octanol–water partition coefficient (Wildman–Crippen LogP) is 0.307. The molecule has 0 heterocycles. The fourth-order valence-corrected chi connectivity index (χ4v) is 0. The Labute approximate surface area is 61.2 Å². The van der Waals surface area contributed by atoms with Crippen LogP contribution in [0.25, 0.3) is 0 Å². The van der Waals surface area contributed by atoms with Crippen LogP contribution in [-0.4, -0.2) is 39.6 Å². The maximum Gasteiger partial charge on any atom is 0.0901 e. The molecule has 1 nitrogen and oxygen atoms in total. The Morgan fingerprint density at radius 2 is 1.00 bits per heavy atom. The molecule has 0 aliphatic carbocycles. The molecule has 0 bridgehead atoms. The van der Waals surface area contributed by atoms with Crippen LogP contribution in [0.3, 0.4) is 0 Å². The first kappa shape index (κ1) is 11.8. The van der Waals surface area contributed by atoms with Gasteiger partial charge in [0.05, 0.1) is 35.1 Å². The molecule has 0 spiro atoms. The van der Waals surface area contributed by atoms with Gasteiger partial charge in [-0.05, 0) is 20.8 Å². The van der Waals surface area contributed by atoms with Gasteiger partial charge in [0.15, 0.2) is 0 Å². The Bertz CT molecular complexity index is 63.9. The Balaban J connectivity index is 0. The average Bonchev–Trinajstić information content (AvgIpc) is 1.25. The third-order valence-electron chi connectivity index (χ3n) is 2.01. The molecule has 0 fully saturated rings. The van der Waals surface area contributed by atoms with Crippen molar-refractivity contribution < 1.29 is 4.48 Å². The maximum atomic E-state index is 2.24. The van der Waals surface area contributed by atoms with Gasteiger partial charge >= 0.3 is 0 Å². The van der Waals surface area contributed by atoms with E-state index in [-0.39, 0.29) is 8.41 Å². The van der Waals surface area contributed by atoms with E-state index in [1.54, 1.807) is 0 Å². The quantitative estimate of drug-likeness (QED) is 0.327. The lowest BCUT2D eigenvalue weighted by atomic mass is 10.1. The molecule has 2 heteroatoms. The van der Waals surface area contributed by atoms with E-state index in [0.29, 0.717) is 5.54 Å². The summed E-state index contributed by atoms with van der Waals surface area (Å²) in [7, 11) is 6.62. The van der Waals surface area contributed by atoms with E-state index in [9.17, 15) is 0 Å². The molecule has 0 atom stereocenters. The molecule has 0 radical (unpaired) electrons. The molecule has 0 aromatic heterocycles. The second kappa shape index (κ2) is 2.74. The number of hydrogen-bond donors (Lipinski definition) is 0. The second-order valence-electron chi connectivity index (χ2n) is 4.18. The lowest BCUT2D eigenvalue weighted by Crippen LogP contribution is -2.50. The van der Waals surface area contributed by atoms with Crippen LogP contribution in [0.1, 0.15) is 20.8 Å². The first-order valence-electron chi connectivity index (χ1n) is 3.07. The first-order valence-corrected chi connectivity index (χ1v) is 3.07. The first-order chi connectivity index (χ1) is 3.25. The van der Waals surface area contributed by atoms with E-state index >= 15 is 0 Å². The second-order valence-corrected chi connectivity index (χ2v) is 4.18. The van der Waals surface area contributed by atoms with E-state index in [1.807, 2.05) is 0 Å². The van der Waals surface area contributed by atoms with Crippen LogP contribution < -0.4 is 0 Å². The topological polar surface area (TPSA) is 0 Å². The largest absolute Gasteiger partial charge is 0.327 e. The zero-order valence-electron chi connectivity index (χ0n) is 6.95. The molecule has 0 N–H and O–H groups in total. The standard InChI is InChI=1S/C7H18N.BH3/c1-7(2,3)8(4,5)6;/h1-6H3;1H3/q+1;. The van der Waals surface area contributed by atoms with Crippen molar-refractivity contribution in [3.8, 4) is 0 Å². The normalized spacial score (nSPS) is 12.7. The molecule has 0 aromatic rings. The van der Waals surface area contributed by atoms with Gasteiger partial charge in [-0.15, -0.1) is 0 Å². The van der Waals surface area contributed by atoms with Gasteiger partial charge in [0, 0.05) is 0 Å². The van der Waals surface area contributed by atoms with Crippen molar-refractivity contribution in [3.05, 3.63) is 0 Å². The summed E-state index contributed by atoms with van der Waals surface area (Å²) in [4.78, 5) is 0. The summed E-state index contributed by atoms with van der Waals surface area (Å²) >= 11 is 0. The average molecular weight is 130 g/mol. The Kier molecular flexibility index (Phi) is 3.58. The van der Waals surface area contributed by atoms with Crippen LogP contribution in [0.5, 0.6) is 0 Å². The molecule has 9 heavy (non-hydrogen) atoms. The van der Waals surface area contributed by atoms with Crippen molar-refractivity contribution in [2.75, 3.05) is 21.1 Å². The van der Waals surface area contributed by atoms with Gasteiger partial charge in [-0.1, -0.05) is 0 Å². The van der Waals surface area contributed by atoms with Crippen LogP contribution in [0.15, 0.2) is 0 Å². The third-order valence-corrected chi connectivity index (χ3v) is 2.01. The van der Waals surface area contributed by atoms with E-state index < -0.39 is 0 Å². The highest BCUT2D eigenvalue weighted by atomic mass is 15.3. The lowest BCUT2D eigenvalue weighted by Gasteiger charge is -2.38. The molecule has 56 valence electrons. The minimum Gasteiger partial charge on any atom is -0.327 e. The smallest absolute Gasteiger partial charge is 0.0901 e. The molecule has 0 saturated heterocycles. The van der Waals surface area contributed by atoms with Crippen molar-refractivity contribution in [1.29, 1.82) is 0 Å². The summed E-state index contributed by atoms with van der Waals surface area (Å²) in [5.41, 5.74) is 0.375. The Hall–Kier alpha value is 0.0249. The molecular formula is C7H21BN+. The molecule has 0 aliphatic heterocycles. The van der Waals surface area contributed by atoms with Crippen LogP contribution >= 0.6 is 0 Å². The number of hydrogen-bond acceptors (Lipinski definition) is 0. The number of nitrogens with zero attached hydrogens (tertiary/aromatic N) is 1. The van der Waals surface area contributed by atoms with Gasteiger partial charge in [0.25, 0.3) is 0 Å². The van der Waals surface area contributed by atoms with Crippen LogP contribution in [0.4, 0.5) is 0 Å². The van der Waals surface area contributed by atoms with Gasteiger partial charge in [-0.25, -0.2) is 0 Å². The van der Waals surface area contributed by atoms with Crippen molar-refractivity contribution in [3.63, 3.8) is 0 Å². The zero-order chi connectivity index (χ0) is 7.00. The molecule has 0 aliphatic rings.